The van der Waals surface area contributed by atoms with Crippen LogP contribution in [0.2, 0.25) is 5.02 Å². The number of halogens is 1. The van der Waals surface area contributed by atoms with Crippen LogP contribution in [0.25, 0.3) is 16.7 Å². The predicted octanol–water partition coefficient (Wildman–Crippen LogP) is 5.35. The van der Waals surface area contributed by atoms with Gasteiger partial charge in [-0.1, -0.05) is 35.9 Å². The van der Waals surface area contributed by atoms with E-state index in [0.717, 1.165) is 40.7 Å². The lowest BCUT2D eigenvalue weighted by Crippen LogP contribution is -2.48. The Morgan fingerprint density at radius 2 is 1.76 bits per heavy atom. The van der Waals surface area contributed by atoms with Gasteiger partial charge in [-0.25, -0.2) is 0 Å². The van der Waals surface area contributed by atoms with Gasteiger partial charge in [0.15, 0.2) is 0 Å². The fourth-order valence-corrected chi connectivity index (χ4v) is 4.90. The Morgan fingerprint density at radius 3 is 2.38 bits per heavy atom. The second kappa shape index (κ2) is 7.51. The maximum absolute atomic E-state index is 13.0. The van der Waals surface area contributed by atoms with Gasteiger partial charge >= 0.3 is 0 Å². The van der Waals surface area contributed by atoms with Crippen molar-refractivity contribution in [2.45, 2.75) is 51.2 Å². The number of ether oxygens (including phenoxy) is 1. The van der Waals surface area contributed by atoms with Gasteiger partial charge in [-0.05, 0) is 79.5 Å². The number of hydrogen-bond donors (Lipinski definition) is 2. The van der Waals surface area contributed by atoms with Crippen LogP contribution >= 0.6 is 11.6 Å². The highest BCUT2D eigenvalue weighted by atomic mass is 35.5. The zero-order valence-electron chi connectivity index (χ0n) is 17.0. The Kier molecular flexibility index (Phi) is 5.18. The van der Waals surface area contributed by atoms with Crippen molar-refractivity contribution in [2.75, 3.05) is 7.11 Å². The summed E-state index contributed by atoms with van der Waals surface area (Å²) in [6.07, 6.45) is 3.18. The molecule has 0 bridgehead atoms. The number of aryl methyl sites for hydroxylation is 1. The number of rotatable bonds is 3. The van der Waals surface area contributed by atoms with E-state index in [2.05, 4.69) is 11.4 Å². The SMILES string of the molecule is CO[C@H]1CC[C@]2(CC1)NC(=O)C(c1c(C)ccc(-c3ccc(Cl)cc3)c1C)=C2O. The van der Waals surface area contributed by atoms with Gasteiger partial charge in [0.1, 0.15) is 5.76 Å². The molecule has 2 aliphatic rings. The van der Waals surface area contributed by atoms with E-state index in [1.807, 2.05) is 44.2 Å². The van der Waals surface area contributed by atoms with E-state index in [4.69, 9.17) is 16.3 Å². The van der Waals surface area contributed by atoms with Crippen molar-refractivity contribution in [1.82, 2.24) is 5.32 Å². The normalized spacial score (nSPS) is 24.3. The van der Waals surface area contributed by atoms with Crippen LogP contribution in [0.3, 0.4) is 0 Å². The highest BCUT2D eigenvalue weighted by Gasteiger charge is 2.48. The van der Waals surface area contributed by atoms with Crippen LogP contribution in [0, 0.1) is 13.8 Å². The van der Waals surface area contributed by atoms with Crippen LogP contribution in [0.4, 0.5) is 0 Å². The molecule has 1 aliphatic heterocycles. The second-order valence-electron chi connectivity index (χ2n) is 8.13. The predicted molar refractivity (Wildman–Crippen MR) is 116 cm³/mol. The van der Waals surface area contributed by atoms with E-state index in [-0.39, 0.29) is 17.8 Å². The van der Waals surface area contributed by atoms with Crippen molar-refractivity contribution in [3.8, 4) is 11.1 Å². The monoisotopic (exact) mass is 411 g/mol. The van der Waals surface area contributed by atoms with Crippen LogP contribution in [0.5, 0.6) is 0 Å². The quantitative estimate of drug-likeness (QED) is 0.715. The van der Waals surface area contributed by atoms with Crippen molar-refractivity contribution in [3.63, 3.8) is 0 Å². The van der Waals surface area contributed by atoms with Crippen LogP contribution in [0.15, 0.2) is 42.2 Å². The molecule has 1 spiro atoms. The van der Waals surface area contributed by atoms with Crippen LogP contribution in [-0.2, 0) is 9.53 Å². The zero-order chi connectivity index (χ0) is 20.8. The summed E-state index contributed by atoms with van der Waals surface area (Å²) in [6.45, 7) is 3.99. The van der Waals surface area contributed by atoms with E-state index >= 15 is 0 Å². The summed E-state index contributed by atoms with van der Waals surface area (Å²) in [7, 11) is 1.71. The van der Waals surface area contributed by atoms with Gasteiger partial charge in [-0.3, -0.25) is 4.79 Å². The minimum Gasteiger partial charge on any atom is -0.509 e. The largest absolute Gasteiger partial charge is 0.509 e. The lowest BCUT2D eigenvalue weighted by molar-refractivity contribution is -0.116. The van der Waals surface area contributed by atoms with E-state index < -0.39 is 5.54 Å². The highest BCUT2D eigenvalue weighted by molar-refractivity contribution is 6.30. The summed E-state index contributed by atoms with van der Waals surface area (Å²) in [6, 6.07) is 11.7. The molecule has 29 heavy (non-hydrogen) atoms. The standard InChI is InChI=1S/C24H26ClNO3/c1-14-4-9-19(16-5-7-17(25)8-6-16)15(2)20(14)21-22(27)24(26-23(21)28)12-10-18(29-3)11-13-24/h4-9,18,27H,10-13H2,1-3H3,(H,26,28)/t18-,24+. The van der Waals surface area contributed by atoms with Gasteiger partial charge in [0.25, 0.3) is 5.91 Å². The fourth-order valence-electron chi connectivity index (χ4n) is 4.77. The molecule has 1 amide bonds. The highest BCUT2D eigenvalue weighted by Crippen LogP contribution is 2.44. The number of benzene rings is 2. The first kappa shape index (κ1) is 20.0. The number of hydrogen-bond acceptors (Lipinski definition) is 3. The Labute approximate surface area is 176 Å². The Bertz CT molecular complexity index is 986. The third-order valence-corrected chi connectivity index (χ3v) is 6.72. The van der Waals surface area contributed by atoms with Crippen LogP contribution in [-0.4, -0.2) is 29.8 Å². The number of aliphatic hydroxyl groups is 1. The van der Waals surface area contributed by atoms with Gasteiger partial charge < -0.3 is 15.2 Å². The van der Waals surface area contributed by atoms with Crippen molar-refractivity contribution >= 4 is 23.1 Å². The average molecular weight is 412 g/mol. The number of methoxy groups -OCH3 is 1. The summed E-state index contributed by atoms with van der Waals surface area (Å²) >= 11 is 6.04. The molecule has 1 saturated carbocycles. The number of nitrogens with one attached hydrogen (secondary N) is 1. The number of carbonyl (C=O) groups is 1. The molecule has 1 heterocycles. The maximum atomic E-state index is 13.0. The van der Waals surface area contributed by atoms with Gasteiger partial charge in [0.2, 0.25) is 0 Å². The van der Waals surface area contributed by atoms with E-state index in [1.54, 1.807) is 7.11 Å². The zero-order valence-corrected chi connectivity index (χ0v) is 17.8. The average Bonchev–Trinajstić information content (AvgIpc) is 2.94. The molecule has 0 unspecified atom stereocenters. The minimum absolute atomic E-state index is 0.177. The molecule has 0 radical (unpaired) electrons. The topological polar surface area (TPSA) is 58.6 Å². The molecule has 152 valence electrons. The first-order valence-corrected chi connectivity index (χ1v) is 10.4. The van der Waals surface area contributed by atoms with Gasteiger partial charge in [0.05, 0.1) is 17.2 Å². The molecule has 2 aromatic carbocycles. The Balaban J connectivity index is 1.80. The first-order chi connectivity index (χ1) is 13.9. The van der Waals surface area contributed by atoms with Crippen molar-refractivity contribution < 1.29 is 14.6 Å². The molecule has 2 N–H and O–H groups in total. The summed E-state index contributed by atoms with van der Waals surface area (Å²) in [5.74, 6) is -0.0191. The van der Waals surface area contributed by atoms with Gasteiger partial charge in [-0.2, -0.15) is 0 Å². The Hall–Kier alpha value is -2.30. The van der Waals surface area contributed by atoms with E-state index in [0.29, 0.717) is 23.4 Å². The Morgan fingerprint density at radius 1 is 1.10 bits per heavy atom. The molecule has 0 aromatic heterocycles. The molecule has 0 atom stereocenters. The molecule has 1 fully saturated rings. The lowest BCUT2D eigenvalue weighted by atomic mass is 9.78. The lowest BCUT2D eigenvalue weighted by Gasteiger charge is -2.36. The van der Waals surface area contributed by atoms with Crippen molar-refractivity contribution in [1.29, 1.82) is 0 Å². The summed E-state index contributed by atoms with van der Waals surface area (Å²) < 4.78 is 5.46. The van der Waals surface area contributed by atoms with Crippen LogP contribution in [0.1, 0.15) is 42.4 Å². The minimum atomic E-state index is -0.670. The molecular weight excluding hydrogens is 386 g/mol. The third-order valence-electron chi connectivity index (χ3n) is 6.47. The smallest absolute Gasteiger partial charge is 0.256 e. The molecule has 2 aromatic rings. The number of aliphatic hydroxyl groups excluding tert-OH is 1. The maximum Gasteiger partial charge on any atom is 0.256 e. The summed E-state index contributed by atoms with van der Waals surface area (Å²) in [4.78, 5) is 13.0. The molecular formula is C24H26ClNO3. The van der Waals surface area contributed by atoms with Gasteiger partial charge in [0, 0.05) is 12.1 Å². The van der Waals surface area contributed by atoms with Crippen molar-refractivity contribution in [3.05, 3.63) is 63.9 Å². The van der Waals surface area contributed by atoms with Crippen molar-refractivity contribution in [2.24, 2.45) is 0 Å². The number of amides is 1. The van der Waals surface area contributed by atoms with E-state index in [1.165, 1.54) is 0 Å². The first-order valence-electron chi connectivity index (χ1n) is 10.0. The third kappa shape index (κ3) is 3.34. The summed E-state index contributed by atoms with van der Waals surface area (Å²) in [5, 5.41) is 15.0. The van der Waals surface area contributed by atoms with Gasteiger partial charge in [-0.15, -0.1) is 0 Å². The number of carbonyl (C=O) groups excluding carboxylic acids is 1. The second-order valence-corrected chi connectivity index (χ2v) is 8.57. The fraction of sp³-hybridized carbons (Fsp3) is 0.375. The molecule has 0 saturated heterocycles. The molecule has 5 heteroatoms. The van der Waals surface area contributed by atoms with E-state index in [9.17, 15) is 9.90 Å². The summed E-state index contributed by atoms with van der Waals surface area (Å²) in [5.41, 5.74) is 4.56. The molecule has 4 rings (SSSR count). The molecule has 1 aliphatic carbocycles. The molecule has 4 nitrogen and oxygen atoms in total. The van der Waals surface area contributed by atoms with Crippen LogP contribution < -0.4 is 5.32 Å².